The second-order valence-corrected chi connectivity index (χ2v) is 7.15. The van der Waals surface area contributed by atoms with E-state index >= 15 is 0 Å². The average molecular weight is 322 g/mol. The molecule has 0 aromatic heterocycles. The zero-order valence-electron chi connectivity index (χ0n) is 13.4. The molecule has 1 saturated heterocycles. The lowest BCUT2D eigenvalue weighted by Crippen LogP contribution is -2.50. The van der Waals surface area contributed by atoms with E-state index < -0.39 is 0 Å². The topological polar surface area (TPSA) is 29.5 Å². The van der Waals surface area contributed by atoms with Crippen LogP contribution in [-0.2, 0) is 4.74 Å². The Bertz CT molecular complexity index is 554. The maximum atomic E-state index is 13.0. The summed E-state index contributed by atoms with van der Waals surface area (Å²) in [4.78, 5) is 15.0. The van der Waals surface area contributed by atoms with E-state index in [4.69, 9.17) is 16.3 Å². The third-order valence-corrected chi connectivity index (χ3v) is 5.75. The molecule has 1 heterocycles. The van der Waals surface area contributed by atoms with Crippen molar-refractivity contribution in [3.8, 4) is 0 Å². The highest BCUT2D eigenvalue weighted by molar-refractivity contribution is 6.34. The molecule has 4 heteroatoms. The summed E-state index contributed by atoms with van der Waals surface area (Å²) in [6, 6.07) is 5.64. The number of amides is 1. The quantitative estimate of drug-likeness (QED) is 0.821. The summed E-state index contributed by atoms with van der Waals surface area (Å²) in [5, 5.41) is 0.555. The standard InChI is InChI=1S/C18H24ClNO2/c1-13-6-3-7-14(19)16(13)17(21)20-11-5-10-18(12-20)9-4-8-15(18)22-2/h3,6-7,15H,4-5,8-12H2,1-2H3/t15-,18-/m1/s1. The van der Waals surface area contributed by atoms with Gasteiger partial charge >= 0.3 is 0 Å². The van der Waals surface area contributed by atoms with Crippen molar-refractivity contribution < 1.29 is 9.53 Å². The number of methoxy groups -OCH3 is 1. The van der Waals surface area contributed by atoms with Gasteiger partial charge in [-0.15, -0.1) is 0 Å². The molecule has 0 radical (unpaired) electrons. The number of carbonyl (C=O) groups is 1. The SMILES string of the molecule is CO[C@@H]1CCC[C@]12CCCN(C(=O)c1c(C)cccc1Cl)C2. The maximum absolute atomic E-state index is 13.0. The number of benzene rings is 1. The summed E-state index contributed by atoms with van der Waals surface area (Å²) in [6.45, 7) is 3.57. The first-order chi connectivity index (χ1) is 10.6. The van der Waals surface area contributed by atoms with Crippen LogP contribution in [0.3, 0.4) is 0 Å². The van der Waals surface area contributed by atoms with Gasteiger partial charge in [0.15, 0.2) is 0 Å². The predicted octanol–water partition coefficient (Wildman–Crippen LogP) is 4.07. The van der Waals surface area contributed by atoms with Gasteiger partial charge in [-0.2, -0.15) is 0 Å². The number of piperidine rings is 1. The first kappa shape index (κ1) is 15.8. The minimum Gasteiger partial charge on any atom is -0.381 e. The number of carbonyl (C=O) groups excluding carboxylic acids is 1. The van der Waals surface area contributed by atoms with Crippen molar-refractivity contribution >= 4 is 17.5 Å². The third-order valence-electron chi connectivity index (χ3n) is 5.44. The minimum absolute atomic E-state index is 0.0731. The number of hydrogen-bond acceptors (Lipinski definition) is 2. The Balaban J connectivity index is 1.84. The molecular weight excluding hydrogens is 298 g/mol. The van der Waals surface area contributed by atoms with Gasteiger partial charge in [-0.3, -0.25) is 4.79 Å². The molecule has 1 aromatic rings. The van der Waals surface area contributed by atoms with Crippen LogP contribution in [0, 0.1) is 12.3 Å². The minimum atomic E-state index is 0.0731. The summed E-state index contributed by atoms with van der Waals surface area (Å²) in [7, 11) is 1.80. The lowest BCUT2D eigenvalue weighted by molar-refractivity contribution is -0.0295. The normalized spacial score (nSPS) is 28.3. The van der Waals surface area contributed by atoms with E-state index in [2.05, 4.69) is 0 Å². The Kier molecular flexibility index (Phi) is 4.47. The van der Waals surface area contributed by atoms with E-state index in [9.17, 15) is 4.79 Å². The average Bonchev–Trinajstić information content (AvgIpc) is 2.89. The van der Waals surface area contributed by atoms with E-state index in [1.165, 1.54) is 6.42 Å². The number of rotatable bonds is 2. The van der Waals surface area contributed by atoms with E-state index in [0.29, 0.717) is 10.6 Å². The van der Waals surface area contributed by atoms with Crippen LogP contribution in [-0.4, -0.2) is 37.1 Å². The number of aryl methyl sites for hydroxylation is 1. The van der Waals surface area contributed by atoms with Crippen LogP contribution in [0.25, 0.3) is 0 Å². The number of halogens is 1. The molecule has 0 unspecified atom stereocenters. The van der Waals surface area contributed by atoms with E-state index in [1.54, 1.807) is 13.2 Å². The van der Waals surface area contributed by atoms with Crippen molar-refractivity contribution in [3.05, 3.63) is 34.3 Å². The Hall–Kier alpha value is -1.06. The van der Waals surface area contributed by atoms with Crippen LogP contribution < -0.4 is 0 Å². The Morgan fingerprint density at radius 1 is 1.36 bits per heavy atom. The van der Waals surface area contributed by atoms with Gasteiger partial charge in [-0.25, -0.2) is 0 Å². The molecule has 3 nitrogen and oxygen atoms in total. The smallest absolute Gasteiger partial charge is 0.255 e. The molecule has 1 amide bonds. The highest BCUT2D eigenvalue weighted by Gasteiger charge is 2.46. The van der Waals surface area contributed by atoms with Crippen LogP contribution in [0.4, 0.5) is 0 Å². The molecule has 3 rings (SSSR count). The van der Waals surface area contributed by atoms with Gasteiger partial charge in [-0.1, -0.05) is 30.2 Å². The molecule has 1 aliphatic heterocycles. The molecule has 0 bridgehead atoms. The molecular formula is C18H24ClNO2. The second-order valence-electron chi connectivity index (χ2n) is 6.74. The molecule has 2 fully saturated rings. The number of likely N-dealkylation sites (tertiary alicyclic amines) is 1. The number of hydrogen-bond donors (Lipinski definition) is 0. The molecule has 2 atom stereocenters. The summed E-state index contributed by atoms with van der Waals surface area (Å²) < 4.78 is 5.72. The van der Waals surface area contributed by atoms with Gasteiger partial charge in [0.05, 0.1) is 16.7 Å². The monoisotopic (exact) mass is 321 g/mol. The van der Waals surface area contributed by atoms with Gasteiger partial charge in [0, 0.05) is 25.6 Å². The van der Waals surface area contributed by atoms with Crippen molar-refractivity contribution in [2.24, 2.45) is 5.41 Å². The number of ether oxygens (including phenoxy) is 1. The lowest BCUT2D eigenvalue weighted by atomic mass is 9.76. The van der Waals surface area contributed by atoms with Gasteiger partial charge in [0.25, 0.3) is 5.91 Å². The molecule has 2 aliphatic rings. The van der Waals surface area contributed by atoms with Crippen molar-refractivity contribution in [1.82, 2.24) is 4.90 Å². The fraction of sp³-hybridized carbons (Fsp3) is 0.611. The van der Waals surface area contributed by atoms with Crippen molar-refractivity contribution in [1.29, 1.82) is 0 Å². The highest BCUT2D eigenvalue weighted by Crippen LogP contribution is 2.46. The lowest BCUT2D eigenvalue weighted by Gasteiger charge is -2.43. The molecule has 1 saturated carbocycles. The number of nitrogens with zero attached hydrogens (tertiary/aromatic N) is 1. The maximum Gasteiger partial charge on any atom is 0.255 e. The van der Waals surface area contributed by atoms with Crippen LogP contribution in [0.1, 0.15) is 48.0 Å². The van der Waals surface area contributed by atoms with Crippen LogP contribution >= 0.6 is 11.6 Å². The first-order valence-electron chi connectivity index (χ1n) is 8.14. The zero-order valence-corrected chi connectivity index (χ0v) is 14.2. The third kappa shape index (κ3) is 2.65. The Labute approximate surface area is 137 Å². The fourth-order valence-electron chi connectivity index (χ4n) is 4.34. The molecule has 1 aromatic carbocycles. The van der Waals surface area contributed by atoms with Crippen LogP contribution in [0.5, 0.6) is 0 Å². The van der Waals surface area contributed by atoms with Crippen LogP contribution in [0.2, 0.25) is 5.02 Å². The molecule has 1 spiro atoms. The van der Waals surface area contributed by atoms with E-state index in [1.807, 2.05) is 24.0 Å². The molecule has 22 heavy (non-hydrogen) atoms. The fourth-order valence-corrected chi connectivity index (χ4v) is 4.64. The van der Waals surface area contributed by atoms with Gasteiger partial charge in [0.1, 0.15) is 0 Å². The summed E-state index contributed by atoms with van der Waals surface area (Å²) in [6.07, 6.45) is 5.98. The van der Waals surface area contributed by atoms with Gasteiger partial charge in [-0.05, 0) is 44.2 Å². The molecule has 120 valence electrons. The summed E-state index contributed by atoms with van der Waals surface area (Å²) >= 11 is 6.28. The van der Waals surface area contributed by atoms with Crippen molar-refractivity contribution in [2.45, 2.75) is 45.1 Å². The van der Waals surface area contributed by atoms with E-state index in [0.717, 1.165) is 44.3 Å². The summed E-state index contributed by atoms with van der Waals surface area (Å²) in [5.74, 6) is 0.0731. The molecule has 1 aliphatic carbocycles. The van der Waals surface area contributed by atoms with Gasteiger partial charge in [0.2, 0.25) is 0 Å². The second kappa shape index (κ2) is 6.21. The molecule has 0 N–H and O–H groups in total. The Morgan fingerprint density at radius 2 is 2.14 bits per heavy atom. The van der Waals surface area contributed by atoms with Crippen molar-refractivity contribution in [2.75, 3.05) is 20.2 Å². The summed E-state index contributed by atoms with van der Waals surface area (Å²) in [5.41, 5.74) is 1.76. The van der Waals surface area contributed by atoms with Crippen LogP contribution in [0.15, 0.2) is 18.2 Å². The zero-order chi connectivity index (χ0) is 15.7. The largest absolute Gasteiger partial charge is 0.381 e. The Morgan fingerprint density at radius 3 is 2.86 bits per heavy atom. The highest BCUT2D eigenvalue weighted by atomic mass is 35.5. The van der Waals surface area contributed by atoms with Crippen molar-refractivity contribution in [3.63, 3.8) is 0 Å². The van der Waals surface area contributed by atoms with E-state index in [-0.39, 0.29) is 17.4 Å². The first-order valence-corrected chi connectivity index (χ1v) is 8.52. The predicted molar refractivity (Wildman–Crippen MR) is 88.4 cm³/mol. The van der Waals surface area contributed by atoms with Gasteiger partial charge < -0.3 is 9.64 Å².